The molecule has 1 saturated heterocycles. The molecule has 1 aliphatic heterocycles. The SMILES string of the molecule is CN(C)C(=O)[C@]1(Cc2cccc(-c3cccnc3)c2)CCCN(C(=O)C2CCC2)C1. The lowest BCUT2D eigenvalue weighted by atomic mass is 9.73. The second kappa shape index (κ2) is 8.58. The Morgan fingerprint density at radius 1 is 1.13 bits per heavy atom. The fourth-order valence-corrected chi connectivity index (χ4v) is 4.89. The maximum atomic E-state index is 13.4. The Morgan fingerprint density at radius 2 is 1.93 bits per heavy atom. The van der Waals surface area contributed by atoms with Gasteiger partial charge in [0.05, 0.1) is 5.41 Å². The van der Waals surface area contributed by atoms with Gasteiger partial charge in [0.25, 0.3) is 0 Å². The minimum atomic E-state index is -0.561. The molecule has 0 bridgehead atoms. The summed E-state index contributed by atoms with van der Waals surface area (Å²) in [7, 11) is 3.64. The van der Waals surface area contributed by atoms with Crippen LogP contribution in [0.1, 0.15) is 37.7 Å². The van der Waals surface area contributed by atoms with Gasteiger partial charge in [-0.2, -0.15) is 0 Å². The number of hydrogen-bond donors (Lipinski definition) is 0. The molecule has 5 nitrogen and oxygen atoms in total. The van der Waals surface area contributed by atoms with Crippen LogP contribution in [0.2, 0.25) is 0 Å². The van der Waals surface area contributed by atoms with Crippen LogP contribution in [0.4, 0.5) is 0 Å². The molecule has 2 aromatic rings. The minimum absolute atomic E-state index is 0.125. The number of piperidine rings is 1. The summed E-state index contributed by atoms with van der Waals surface area (Å²) < 4.78 is 0. The van der Waals surface area contributed by atoms with E-state index < -0.39 is 5.41 Å². The normalized spacial score (nSPS) is 21.7. The molecule has 2 heterocycles. The first-order valence-corrected chi connectivity index (χ1v) is 11.0. The molecular weight excluding hydrogens is 374 g/mol. The van der Waals surface area contributed by atoms with E-state index >= 15 is 0 Å². The molecule has 1 aromatic carbocycles. The van der Waals surface area contributed by atoms with Gasteiger partial charge in [0.15, 0.2) is 0 Å². The molecule has 1 aromatic heterocycles. The van der Waals surface area contributed by atoms with Crippen LogP contribution in [0.15, 0.2) is 48.8 Å². The minimum Gasteiger partial charge on any atom is -0.348 e. The van der Waals surface area contributed by atoms with Crippen LogP contribution in [0.3, 0.4) is 0 Å². The summed E-state index contributed by atoms with van der Waals surface area (Å²) in [4.78, 5) is 34.2. The van der Waals surface area contributed by atoms with Gasteiger partial charge in [0.2, 0.25) is 11.8 Å². The first kappa shape index (κ1) is 20.6. The first-order valence-electron chi connectivity index (χ1n) is 11.0. The summed E-state index contributed by atoms with van der Waals surface area (Å²) in [5.74, 6) is 0.547. The molecule has 1 atom stereocenters. The molecule has 30 heavy (non-hydrogen) atoms. The molecule has 2 amide bonds. The quantitative estimate of drug-likeness (QED) is 0.761. The fourth-order valence-electron chi connectivity index (χ4n) is 4.89. The van der Waals surface area contributed by atoms with Crippen molar-refractivity contribution in [3.63, 3.8) is 0 Å². The Bertz CT molecular complexity index is 908. The Kier molecular flexibility index (Phi) is 5.89. The molecule has 0 radical (unpaired) electrons. The highest BCUT2D eigenvalue weighted by Crippen LogP contribution is 2.38. The summed E-state index contributed by atoms with van der Waals surface area (Å²) in [5, 5.41) is 0. The average molecular weight is 406 g/mol. The highest BCUT2D eigenvalue weighted by molar-refractivity contribution is 5.85. The van der Waals surface area contributed by atoms with E-state index in [1.807, 2.05) is 43.4 Å². The zero-order valence-corrected chi connectivity index (χ0v) is 18.0. The molecule has 0 unspecified atom stereocenters. The molecule has 158 valence electrons. The van der Waals surface area contributed by atoms with Crippen molar-refractivity contribution in [1.29, 1.82) is 0 Å². The van der Waals surface area contributed by atoms with Crippen molar-refractivity contribution in [2.45, 2.75) is 38.5 Å². The third kappa shape index (κ3) is 4.11. The predicted octanol–water partition coefficient (Wildman–Crippen LogP) is 3.79. The van der Waals surface area contributed by atoms with Gasteiger partial charge in [-0.25, -0.2) is 0 Å². The van der Waals surface area contributed by atoms with Gasteiger partial charge in [-0.05, 0) is 54.9 Å². The van der Waals surface area contributed by atoms with Crippen LogP contribution < -0.4 is 0 Å². The maximum absolute atomic E-state index is 13.4. The lowest BCUT2D eigenvalue weighted by molar-refractivity contribution is -0.150. The van der Waals surface area contributed by atoms with Crippen LogP contribution in [0.5, 0.6) is 0 Å². The number of amides is 2. The number of rotatable bonds is 5. The van der Waals surface area contributed by atoms with E-state index in [0.717, 1.165) is 55.3 Å². The van der Waals surface area contributed by atoms with Gasteiger partial charge in [0, 0.05) is 45.5 Å². The number of pyridine rings is 1. The third-order valence-electron chi connectivity index (χ3n) is 6.67. The highest BCUT2D eigenvalue weighted by Gasteiger charge is 2.45. The summed E-state index contributed by atoms with van der Waals surface area (Å²) in [5.41, 5.74) is 2.74. The van der Waals surface area contributed by atoms with Crippen molar-refractivity contribution in [1.82, 2.24) is 14.8 Å². The van der Waals surface area contributed by atoms with Crippen LogP contribution in [0.25, 0.3) is 11.1 Å². The van der Waals surface area contributed by atoms with E-state index in [2.05, 4.69) is 23.2 Å². The number of carbonyl (C=O) groups is 2. The van der Waals surface area contributed by atoms with Crippen molar-refractivity contribution in [3.8, 4) is 11.1 Å². The lowest BCUT2D eigenvalue weighted by Gasteiger charge is -2.44. The second-order valence-electron chi connectivity index (χ2n) is 9.09. The molecule has 0 spiro atoms. The van der Waals surface area contributed by atoms with Crippen molar-refractivity contribution in [2.24, 2.45) is 11.3 Å². The maximum Gasteiger partial charge on any atom is 0.230 e. The summed E-state index contributed by atoms with van der Waals surface area (Å²) in [6, 6.07) is 12.4. The molecule has 2 aliphatic rings. The van der Waals surface area contributed by atoms with Gasteiger partial charge in [0.1, 0.15) is 0 Å². The summed E-state index contributed by atoms with van der Waals surface area (Å²) >= 11 is 0. The average Bonchev–Trinajstić information content (AvgIpc) is 2.73. The van der Waals surface area contributed by atoms with Crippen LogP contribution in [-0.2, 0) is 16.0 Å². The van der Waals surface area contributed by atoms with Crippen LogP contribution >= 0.6 is 0 Å². The van der Waals surface area contributed by atoms with E-state index in [0.29, 0.717) is 13.0 Å². The Balaban J connectivity index is 1.61. The molecular formula is C25H31N3O2. The molecule has 5 heteroatoms. The predicted molar refractivity (Wildman–Crippen MR) is 118 cm³/mol. The van der Waals surface area contributed by atoms with Crippen LogP contribution in [-0.4, -0.2) is 53.8 Å². The number of nitrogens with zero attached hydrogens (tertiary/aromatic N) is 3. The zero-order valence-electron chi connectivity index (χ0n) is 18.0. The van der Waals surface area contributed by atoms with Gasteiger partial charge in [-0.15, -0.1) is 0 Å². The van der Waals surface area contributed by atoms with E-state index in [-0.39, 0.29) is 17.7 Å². The third-order valence-corrected chi connectivity index (χ3v) is 6.67. The monoisotopic (exact) mass is 405 g/mol. The summed E-state index contributed by atoms with van der Waals surface area (Å²) in [6.07, 6.45) is 9.11. The highest BCUT2D eigenvalue weighted by atomic mass is 16.2. The zero-order chi connectivity index (χ0) is 21.1. The largest absolute Gasteiger partial charge is 0.348 e. The first-order chi connectivity index (χ1) is 14.5. The molecule has 4 rings (SSSR count). The van der Waals surface area contributed by atoms with Crippen molar-refractivity contribution in [2.75, 3.05) is 27.2 Å². The number of aromatic nitrogens is 1. The van der Waals surface area contributed by atoms with E-state index in [1.54, 1.807) is 11.1 Å². The smallest absolute Gasteiger partial charge is 0.230 e. The molecule has 0 N–H and O–H groups in total. The number of carbonyl (C=O) groups excluding carboxylic acids is 2. The van der Waals surface area contributed by atoms with E-state index in [9.17, 15) is 9.59 Å². The molecule has 1 saturated carbocycles. The molecule has 2 fully saturated rings. The van der Waals surface area contributed by atoms with E-state index in [1.165, 1.54) is 0 Å². The van der Waals surface area contributed by atoms with Crippen molar-refractivity contribution < 1.29 is 9.59 Å². The molecule has 1 aliphatic carbocycles. The van der Waals surface area contributed by atoms with Gasteiger partial charge < -0.3 is 9.80 Å². The van der Waals surface area contributed by atoms with Gasteiger partial charge in [-0.1, -0.05) is 36.8 Å². The van der Waals surface area contributed by atoms with Crippen LogP contribution in [0, 0.1) is 11.3 Å². The Labute approximate surface area is 179 Å². The Hall–Kier alpha value is -2.69. The summed E-state index contributed by atoms with van der Waals surface area (Å²) in [6.45, 7) is 1.30. The van der Waals surface area contributed by atoms with Gasteiger partial charge >= 0.3 is 0 Å². The van der Waals surface area contributed by atoms with Crippen molar-refractivity contribution >= 4 is 11.8 Å². The van der Waals surface area contributed by atoms with E-state index in [4.69, 9.17) is 0 Å². The Morgan fingerprint density at radius 3 is 2.60 bits per heavy atom. The standard InChI is InChI=1S/C25H31N3O2/c1-27(2)24(30)25(12-6-14-28(18-25)23(29)20-8-4-9-20)16-19-7-3-10-21(15-19)22-11-5-13-26-17-22/h3,5,7,10-11,13,15,17,20H,4,6,8-9,12,14,16,18H2,1-2H3/t25-/m0/s1. The van der Waals surface area contributed by atoms with Gasteiger partial charge in [-0.3, -0.25) is 14.6 Å². The number of hydrogen-bond acceptors (Lipinski definition) is 3. The fraction of sp³-hybridized carbons (Fsp3) is 0.480. The van der Waals surface area contributed by atoms with Crippen molar-refractivity contribution in [3.05, 3.63) is 54.4 Å². The number of benzene rings is 1. The topological polar surface area (TPSA) is 53.5 Å². The lowest BCUT2D eigenvalue weighted by Crippen LogP contribution is -2.55. The number of likely N-dealkylation sites (tertiary alicyclic amines) is 1. The second-order valence-corrected chi connectivity index (χ2v) is 9.09.